The van der Waals surface area contributed by atoms with Crippen molar-refractivity contribution in [2.75, 3.05) is 13.1 Å². The molecule has 1 aliphatic rings. The van der Waals surface area contributed by atoms with Crippen molar-refractivity contribution in [3.63, 3.8) is 0 Å². The van der Waals surface area contributed by atoms with Gasteiger partial charge in [0.15, 0.2) is 5.65 Å². The van der Waals surface area contributed by atoms with Crippen molar-refractivity contribution in [1.82, 2.24) is 24.6 Å². The number of hydrogen-bond acceptors (Lipinski definition) is 5. The van der Waals surface area contributed by atoms with Crippen LogP contribution in [0.25, 0.3) is 21.3 Å². The zero-order valence-electron chi connectivity index (χ0n) is 19.8. The van der Waals surface area contributed by atoms with Crippen molar-refractivity contribution in [1.29, 1.82) is 0 Å². The first-order chi connectivity index (χ1) is 15.9. The van der Waals surface area contributed by atoms with Crippen LogP contribution in [0.3, 0.4) is 0 Å². The number of aryl methyl sites for hydroxylation is 2. The van der Waals surface area contributed by atoms with Gasteiger partial charge in [-0.25, -0.2) is 14.6 Å². The van der Waals surface area contributed by atoms with Crippen LogP contribution < -0.4 is 0 Å². The van der Waals surface area contributed by atoms with Crippen molar-refractivity contribution in [3.05, 3.63) is 52.3 Å². The molecular weight excluding hydrogens is 430 g/mol. The first-order valence-corrected chi connectivity index (χ1v) is 12.7. The summed E-state index contributed by atoms with van der Waals surface area (Å²) in [6, 6.07) is 8.56. The van der Waals surface area contributed by atoms with Gasteiger partial charge in [-0.05, 0) is 70.2 Å². The van der Waals surface area contributed by atoms with E-state index in [9.17, 15) is 4.79 Å². The van der Waals surface area contributed by atoms with Crippen molar-refractivity contribution >= 4 is 38.5 Å². The van der Waals surface area contributed by atoms with E-state index in [1.54, 1.807) is 11.3 Å². The number of aromatic nitrogens is 4. The SMILES string of the molecule is Cc1nc2c(cnn2C(C)C)c(C)c1CCC(=O)N1CCCC(c2nc3ccccc3s2)C1. The van der Waals surface area contributed by atoms with Crippen LogP contribution in [-0.4, -0.2) is 43.6 Å². The lowest BCUT2D eigenvalue weighted by molar-refractivity contribution is -0.132. The minimum Gasteiger partial charge on any atom is -0.342 e. The zero-order valence-corrected chi connectivity index (χ0v) is 20.7. The van der Waals surface area contributed by atoms with E-state index in [2.05, 4.69) is 44.1 Å². The molecule has 1 fully saturated rings. The van der Waals surface area contributed by atoms with Crippen LogP contribution in [0.1, 0.15) is 66.9 Å². The molecule has 0 radical (unpaired) electrons. The number of rotatable bonds is 5. The van der Waals surface area contributed by atoms with Gasteiger partial charge < -0.3 is 4.90 Å². The molecule has 1 amide bonds. The lowest BCUT2D eigenvalue weighted by Crippen LogP contribution is -2.39. The third-order valence-electron chi connectivity index (χ3n) is 6.85. The van der Waals surface area contributed by atoms with Crippen molar-refractivity contribution < 1.29 is 4.79 Å². The topological polar surface area (TPSA) is 63.9 Å². The van der Waals surface area contributed by atoms with Crippen LogP contribution in [0.2, 0.25) is 0 Å². The fraction of sp³-hybridized carbons (Fsp3) is 0.462. The number of carbonyl (C=O) groups excluding carboxylic acids is 1. The number of benzene rings is 1. The van der Waals surface area contributed by atoms with Gasteiger partial charge in [-0.2, -0.15) is 5.10 Å². The molecular formula is C26H31N5OS. The molecule has 1 unspecified atom stereocenters. The highest BCUT2D eigenvalue weighted by atomic mass is 32.1. The Morgan fingerprint density at radius 2 is 2.03 bits per heavy atom. The van der Waals surface area contributed by atoms with Gasteiger partial charge in [0.25, 0.3) is 0 Å². The number of amides is 1. The minimum absolute atomic E-state index is 0.234. The number of nitrogens with zero attached hydrogens (tertiary/aromatic N) is 5. The van der Waals surface area contributed by atoms with Gasteiger partial charge >= 0.3 is 0 Å². The molecule has 0 N–H and O–H groups in total. The zero-order chi connectivity index (χ0) is 23.1. The molecule has 3 aromatic heterocycles. The van der Waals surface area contributed by atoms with Gasteiger partial charge in [0, 0.05) is 42.6 Å². The first-order valence-electron chi connectivity index (χ1n) is 11.9. The predicted octanol–water partition coefficient (Wildman–Crippen LogP) is 5.58. The van der Waals surface area contributed by atoms with Gasteiger partial charge in [0.1, 0.15) is 0 Å². The summed E-state index contributed by atoms with van der Waals surface area (Å²) in [5.41, 5.74) is 5.38. The maximum atomic E-state index is 13.2. The molecule has 1 atom stereocenters. The second kappa shape index (κ2) is 8.86. The highest BCUT2D eigenvalue weighted by molar-refractivity contribution is 7.18. The number of carbonyl (C=O) groups is 1. The van der Waals surface area contributed by atoms with Gasteiger partial charge in [-0.1, -0.05) is 12.1 Å². The van der Waals surface area contributed by atoms with Crippen LogP contribution >= 0.6 is 11.3 Å². The molecule has 4 aromatic rings. The maximum Gasteiger partial charge on any atom is 0.222 e. The summed E-state index contributed by atoms with van der Waals surface area (Å²) in [4.78, 5) is 24.9. The normalized spacial score (nSPS) is 16.9. The van der Waals surface area contributed by atoms with E-state index in [4.69, 9.17) is 9.97 Å². The standard InChI is InChI=1S/C26H31N5OS/c1-16(2)31-25-21(14-27-31)17(3)20(18(4)28-25)11-12-24(32)30-13-7-8-19(15-30)26-29-22-9-5-6-10-23(22)33-26/h5-6,9-10,14,16,19H,7-8,11-13,15H2,1-4H3. The molecule has 0 spiro atoms. The van der Waals surface area contributed by atoms with E-state index in [-0.39, 0.29) is 11.9 Å². The summed E-state index contributed by atoms with van der Waals surface area (Å²) in [5, 5.41) is 6.79. The Bertz CT molecular complexity index is 1290. The number of pyridine rings is 1. The average Bonchev–Trinajstić information content (AvgIpc) is 3.43. The van der Waals surface area contributed by atoms with E-state index in [0.29, 0.717) is 18.8 Å². The van der Waals surface area contributed by atoms with Gasteiger partial charge in [0.2, 0.25) is 5.91 Å². The number of para-hydroxylation sites is 1. The smallest absolute Gasteiger partial charge is 0.222 e. The Labute approximate surface area is 198 Å². The molecule has 0 bridgehead atoms. The summed E-state index contributed by atoms with van der Waals surface area (Å²) in [7, 11) is 0. The lowest BCUT2D eigenvalue weighted by atomic mass is 9.97. The fourth-order valence-electron chi connectivity index (χ4n) is 5.00. The van der Waals surface area contributed by atoms with Crippen LogP contribution in [0.5, 0.6) is 0 Å². The molecule has 5 rings (SSSR count). The Kier molecular flexibility index (Phi) is 5.91. The van der Waals surface area contributed by atoms with Crippen molar-refractivity contribution in [3.8, 4) is 0 Å². The molecule has 0 saturated carbocycles. The largest absolute Gasteiger partial charge is 0.342 e. The van der Waals surface area contributed by atoms with Crippen LogP contribution in [0.15, 0.2) is 30.5 Å². The maximum absolute atomic E-state index is 13.2. The molecule has 33 heavy (non-hydrogen) atoms. The molecule has 7 heteroatoms. The minimum atomic E-state index is 0.234. The van der Waals surface area contributed by atoms with E-state index in [1.807, 2.05) is 28.8 Å². The highest BCUT2D eigenvalue weighted by Crippen LogP contribution is 2.33. The second-order valence-electron chi connectivity index (χ2n) is 9.42. The molecule has 6 nitrogen and oxygen atoms in total. The van der Waals surface area contributed by atoms with Gasteiger partial charge in [-0.15, -0.1) is 11.3 Å². The number of likely N-dealkylation sites (tertiary alicyclic amines) is 1. The van der Waals surface area contributed by atoms with Crippen LogP contribution in [0.4, 0.5) is 0 Å². The van der Waals surface area contributed by atoms with E-state index >= 15 is 0 Å². The molecule has 4 heterocycles. The monoisotopic (exact) mass is 461 g/mol. The summed E-state index contributed by atoms with van der Waals surface area (Å²) >= 11 is 1.77. The average molecular weight is 462 g/mol. The van der Waals surface area contributed by atoms with Crippen LogP contribution in [-0.2, 0) is 11.2 Å². The fourth-order valence-corrected chi connectivity index (χ4v) is 6.09. The Balaban J connectivity index is 1.29. The van der Waals surface area contributed by atoms with Gasteiger partial charge in [0.05, 0.1) is 21.4 Å². The third kappa shape index (κ3) is 4.14. The van der Waals surface area contributed by atoms with E-state index < -0.39 is 0 Å². The van der Waals surface area contributed by atoms with Crippen LogP contribution in [0, 0.1) is 13.8 Å². The molecule has 1 aliphatic heterocycles. The van der Waals surface area contributed by atoms with E-state index in [1.165, 1.54) is 15.8 Å². The first kappa shape index (κ1) is 22.0. The van der Waals surface area contributed by atoms with Crippen molar-refractivity contribution in [2.45, 2.75) is 65.3 Å². The number of thiazole rings is 1. The number of fused-ring (bicyclic) bond motifs is 2. The Morgan fingerprint density at radius 1 is 1.21 bits per heavy atom. The molecule has 172 valence electrons. The van der Waals surface area contributed by atoms with Crippen molar-refractivity contribution in [2.24, 2.45) is 0 Å². The molecule has 1 aromatic carbocycles. The Hall–Kier alpha value is -2.80. The highest BCUT2D eigenvalue weighted by Gasteiger charge is 2.27. The number of hydrogen-bond donors (Lipinski definition) is 0. The molecule has 1 saturated heterocycles. The number of piperidine rings is 1. The second-order valence-corrected chi connectivity index (χ2v) is 10.5. The third-order valence-corrected chi connectivity index (χ3v) is 8.05. The molecule has 0 aliphatic carbocycles. The lowest BCUT2D eigenvalue weighted by Gasteiger charge is -2.32. The summed E-state index contributed by atoms with van der Waals surface area (Å²) in [6.07, 6.45) is 5.28. The van der Waals surface area contributed by atoms with E-state index in [0.717, 1.165) is 53.2 Å². The quantitative estimate of drug-likeness (QED) is 0.389. The summed E-state index contributed by atoms with van der Waals surface area (Å²) < 4.78 is 3.20. The van der Waals surface area contributed by atoms with Gasteiger partial charge in [-0.3, -0.25) is 4.79 Å². The predicted molar refractivity (Wildman–Crippen MR) is 134 cm³/mol. The Morgan fingerprint density at radius 3 is 2.82 bits per heavy atom. The summed E-state index contributed by atoms with van der Waals surface area (Å²) in [5.74, 6) is 0.570. The summed E-state index contributed by atoms with van der Waals surface area (Å²) in [6.45, 7) is 10.0.